The molecule has 144 valence electrons. The van der Waals surface area contributed by atoms with E-state index in [4.69, 9.17) is 10.5 Å². The van der Waals surface area contributed by atoms with E-state index in [0.29, 0.717) is 17.1 Å². The molecule has 0 radical (unpaired) electrons. The molecule has 2 aromatic carbocycles. The van der Waals surface area contributed by atoms with Gasteiger partial charge in [-0.1, -0.05) is 18.2 Å². The van der Waals surface area contributed by atoms with Gasteiger partial charge in [-0.25, -0.2) is 4.79 Å². The Morgan fingerprint density at radius 3 is 2.33 bits per heavy atom. The molecule has 0 spiro atoms. The zero-order valence-electron chi connectivity index (χ0n) is 16.0. The van der Waals surface area contributed by atoms with Crippen LogP contribution in [-0.4, -0.2) is 23.6 Å². The molecule has 27 heavy (non-hydrogen) atoms. The molecule has 1 atom stereocenters. The van der Waals surface area contributed by atoms with Crippen LogP contribution < -0.4 is 21.7 Å². The minimum absolute atomic E-state index is 0.359. The maximum absolute atomic E-state index is 12.4. The maximum Gasteiger partial charge on any atom is 0.408 e. The van der Waals surface area contributed by atoms with Gasteiger partial charge in [-0.15, -0.1) is 0 Å². The zero-order chi connectivity index (χ0) is 20.0. The van der Waals surface area contributed by atoms with Gasteiger partial charge in [0.05, 0.1) is 11.4 Å². The van der Waals surface area contributed by atoms with E-state index in [2.05, 4.69) is 16.0 Å². The molecular formula is C20H26N4O3. The first-order chi connectivity index (χ1) is 12.6. The van der Waals surface area contributed by atoms with Gasteiger partial charge in [-0.2, -0.15) is 0 Å². The van der Waals surface area contributed by atoms with Gasteiger partial charge in [0.15, 0.2) is 0 Å². The van der Waals surface area contributed by atoms with Crippen LogP contribution >= 0.6 is 0 Å². The van der Waals surface area contributed by atoms with Crippen LogP contribution in [0.15, 0.2) is 48.5 Å². The van der Waals surface area contributed by atoms with Gasteiger partial charge in [0.25, 0.3) is 0 Å². The second-order valence-corrected chi connectivity index (χ2v) is 7.15. The van der Waals surface area contributed by atoms with E-state index in [9.17, 15) is 9.59 Å². The highest BCUT2D eigenvalue weighted by molar-refractivity contribution is 5.99. The fourth-order valence-electron chi connectivity index (χ4n) is 2.26. The molecule has 0 fully saturated rings. The van der Waals surface area contributed by atoms with Crippen LogP contribution in [0, 0.1) is 0 Å². The molecule has 2 amide bonds. The SMILES string of the molecule is C[C@H](NC(=O)OC(C)(C)C)C(=O)Nc1ccccc1Nc1cccc(N)c1. The highest BCUT2D eigenvalue weighted by Gasteiger charge is 2.21. The third-order valence-electron chi connectivity index (χ3n) is 3.48. The third kappa shape index (κ3) is 6.54. The number of nitrogens with one attached hydrogen (secondary N) is 3. The van der Waals surface area contributed by atoms with Crippen molar-refractivity contribution in [3.8, 4) is 0 Å². The predicted octanol–water partition coefficient (Wildman–Crippen LogP) is 3.86. The number of benzene rings is 2. The highest BCUT2D eigenvalue weighted by Crippen LogP contribution is 2.26. The summed E-state index contributed by atoms with van der Waals surface area (Å²) < 4.78 is 5.17. The Bertz CT molecular complexity index is 815. The van der Waals surface area contributed by atoms with Crippen LogP contribution in [0.25, 0.3) is 0 Å². The molecule has 0 aliphatic carbocycles. The number of nitrogen functional groups attached to an aromatic ring is 1. The number of nitrogens with two attached hydrogens (primary N) is 1. The normalized spacial score (nSPS) is 12.0. The molecule has 0 bridgehead atoms. The van der Waals surface area contributed by atoms with E-state index in [1.54, 1.807) is 45.9 Å². The molecule has 0 aliphatic rings. The first-order valence-electron chi connectivity index (χ1n) is 8.66. The third-order valence-corrected chi connectivity index (χ3v) is 3.48. The Labute approximate surface area is 159 Å². The van der Waals surface area contributed by atoms with Gasteiger partial charge in [0.2, 0.25) is 5.91 Å². The van der Waals surface area contributed by atoms with E-state index in [-0.39, 0.29) is 5.91 Å². The molecule has 0 saturated heterocycles. The molecule has 7 nitrogen and oxygen atoms in total. The largest absolute Gasteiger partial charge is 0.444 e. The topological polar surface area (TPSA) is 105 Å². The Kier molecular flexibility index (Phi) is 6.28. The number of ether oxygens (including phenoxy) is 1. The van der Waals surface area contributed by atoms with Crippen LogP contribution in [0.3, 0.4) is 0 Å². The van der Waals surface area contributed by atoms with Crippen LogP contribution in [0.5, 0.6) is 0 Å². The van der Waals surface area contributed by atoms with Crippen LogP contribution in [0.2, 0.25) is 0 Å². The second kappa shape index (κ2) is 8.44. The smallest absolute Gasteiger partial charge is 0.408 e. The van der Waals surface area contributed by atoms with Crippen LogP contribution in [-0.2, 0) is 9.53 Å². The van der Waals surface area contributed by atoms with Crippen molar-refractivity contribution in [3.63, 3.8) is 0 Å². The van der Waals surface area contributed by atoms with E-state index in [1.807, 2.05) is 30.3 Å². The van der Waals surface area contributed by atoms with Crippen molar-refractivity contribution in [2.24, 2.45) is 0 Å². The molecule has 0 saturated carbocycles. The molecule has 0 heterocycles. The van der Waals surface area contributed by atoms with E-state index < -0.39 is 17.7 Å². The van der Waals surface area contributed by atoms with E-state index in [1.165, 1.54) is 0 Å². The van der Waals surface area contributed by atoms with Crippen molar-refractivity contribution in [1.82, 2.24) is 5.32 Å². The molecule has 0 aromatic heterocycles. The fourth-order valence-corrected chi connectivity index (χ4v) is 2.26. The number of rotatable bonds is 5. The lowest BCUT2D eigenvalue weighted by Gasteiger charge is -2.22. The van der Waals surface area contributed by atoms with Gasteiger partial charge < -0.3 is 26.4 Å². The molecule has 7 heteroatoms. The lowest BCUT2D eigenvalue weighted by atomic mass is 10.2. The molecule has 2 aromatic rings. The molecule has 0 unspecified atom stereocenters. The van der Waals surface area contributed by atoms with Crippen molar-refractivity contribution < 1.29 is 14.3 Å². The molecular weight excluding hydrogens is 344 g/mol. The number of carbonyl (C=O) groups is 2. The zero-order valence-corrected chi connectivity index (χ0v) is 16.0. The van der Waals surface area contributed by atoms with E-state index in [0.717, 1.165) is 5.69 Å². The van der Waals surface area contributed by atoms with Gasteiger partial charge >= 0.3 is 6.09 Å². The quantitative estimate of drug-likeness (QED) is 0.598. The summed E-state index contributed by atoms with van der Waals surface area (Å²) in [5, 5.41) is 8.56. The van der Waals surface area contributed by atoms with Crippen LogP contribution in [0.4, 0.5) is 27.5 Å². The summed E-state index contributed by atoms with van der Waals surface area (Å²) in [6.45, 7) is 6.87. The summed E-state index contributed by atoms with van der Waals surface area (Å²) in [5.41, 5.74) is 7.90. The standard InChI is InChI=1S/C20H26N4O3/c1-13(22-19(26)27-20(2,3)4)18(25)24-17-11-6-5-10-16(17)23-15-9-7-8-14(21)12-15/h5-13,23H,21H2,1-4H3,(H,22,26)(H,24,25)/t13-/m0/s1. The summed E-state index contributed by atoms with van der Waals surface area (Å²) in [4.78, 5) is 24.3. The van der Waals surface area contributed by atoms with Gasteiger partial charge in [0.1, 0.15) is 11.6 Å². The average Bonchev–Trinajstić information content (AvgIpc) is 2.54. The number of hydrogen-bond donors (Lipinski definition) is 4. The van der Waals surface area contributed by atoms with Crippen LogP contribution in [0.1, 0.15) is 27.7 Å². The minimum atomic E-state index is -0.764. The van der Waals surface area contributed by atoms with Crippen molar-refractivity contribution in [3.05, 3.63) is 48.5 Å². The maximum atomic E-state index is 12.4. The summed E-state index contributed by atoms with van der Waals surface area (Å²) in [5.74, 6) is -0.359. The van der Waals surface area contributed by atoms with Crippen molar-refractivity contribution in [2.75, 3.05) is 16.4 Å². The summed E-state index contributed by atoms with van der Waals surface area (Å²) >= 11 is 0. The summed E-state index contributed by atoms with van der Waals surface area (Å²) in [6.07, 6.45) is -0.642. The monoisotopic (exact) mass is 370 g/mol. The molecule has 0 aliphatic heterocycles. The van der Waals surface area contributed by atoms with Crippen molar-refractivity contribution in [1.29, 1.82) is 0 Å². The van der Waals surface area contributed by atoms with Gasteiger partial charge in [-0.05, 0) is 58.0 Å². The Balaban J connectivity index is 2.04. The molecule has 2 rings (SSSR count). The number of amides is 2. The van der Waals surface area contributed by atoms with Gasteiger partial charge in [0, 0.05) is 11.4 Å². The van der Waals surface area contributed by atoms with E-state index >= 15 is 0 Å². The fraction of sp³-hybridized carbons (Fsp3) is 0.300. The second-order valence-electron chi connectivity index (χ2n) is 7.15. The number of anilines is 4. The minimum Gasteiger partial charge on any atom is -0.444 e. The van der Waals surface area contributed by atoms with Crippen molar-refractivity contribution in [2.45, 2.75) is 39.3 Å². The first-order valence-corrected chi connectivity index (χ1v) is 8.66. The lowest BCUT2D eigenvalue weighted by Crippen LogP contribution is -2.44. The van der Waals surface area contributed by atoms with Gasteiger partial charge in [-0.3, -0.25) is 4.79 Å². The average molecular weight is 370 g/mol. The lowest BCUT2D eigenvalue weighted by molar-refractivity contribution is -0.117. The summed E-state index contributed by atoms with van der Waals surface area (Å²) in [7, 11) is 0. The Morgan fingerprint density at radius 1 is 1.04 bits per heavy atom. The van der Waals surface area contributed by atoms with Crippen molar-refractivity contribution >= 4 is 34.7 Å². The predicted molar refractivity (Wildman–Crippen MR) is 108 cm³/mol. The first kappa shape index (κ1) is 20.1. The molecule has 5 N–H and O–H groups in total. The number of hydrogen-bond acceptors (Lipinski definition) is 5. The Morgan fingerprint density at radius 2 is 1.70 bits per heavy atom. The number of alkyl carbamates (subject to hydrolysis) is 1. The number of para-hydroxylation sites is 2. The Hall–Kier alpha value is -3.22. The highest BCUT2D eigenvalue weighted by atomic mass is 16.6. The number of carbonyl (C=O) groups excluding carboxylic acids is 2. The summed E-state index contributed by atoms with van der Waals surface area (Å²) in [6, 6.07) is 13.8.